The maximum Gasteiger partial charge on any atom is 0.326 e. The summed E-state index contributed by atoms with van der Waals surface area (Å²) in [6.07, 6.45) is 0.161. The van der Waals surface area contributed by atoms with E-state index in [-0.39, 0.29) is 38.1 Å². The summed E-state index contributed by atoms with van der Waals surface area (Å²) in [5.74, 6) is -4.09. The lowest BCUT2D eigenvalue weighted by Crippen LogP contribution is -2.44. The van der Waals surface area contributed by atoms with E-state index < -0.39 is 35.8 Å². The number of nitrogens with one attached hydrogen (secondary N) is 2. The van der Waals surface area contributed by atoms with Gasteiger partial charge in [-0.2, -0.15) is 0 Å². The van der Waals surface area contributed by atoms with Crippen molar-refractivity contribution in [2.45, 2.75) is 58.0 Å². The molecule has 4 N–H and O–H groups in total. The third kappa shape index (κ3) is 11.1. The van der Waals surface area contributed by atoms with E-state index in [9.17, 15) is 24.0 Å². The fourth-order valence-electron chi connectivity index (χ4n) is 1.95. The van der Waals surface area contributed by atoms with Crippen molar-refractivity contribution in [2.75, 3.05) is 13.2 Å². The van der Waals surface area contributed by atoms with Crippen LogP contribution in [0.25, 0.3) is 0 Å². The molecule has 0 aliphatic rings. The molecule has 2 amide bonds. The summed E-state index contributed by atoms with van der Waals surface area (Å²) < 4.78 is 5.00. The largest absolute Gasteiger partial charge is 0.480 e. The summed E-state index contributed by atoms with van der Waals surface area (Å²) >= 11 is 0. The third-order valence-electron chi connectivity index (χ3n) is 3.29. The molecule has 0 bridgehead atoms. The number of carboxylic acids is 2. The van der Waals surface area contributed by atoms with E-state index >= 15 is 0 Å². The van der Waals surface area contributed by atoms with Gasteiger partial charge < -0.3 is 30.4 Å². The molecular weight excluding hydrogens is 348 g/mol. The van der Waals surface area contributed by atoms with Crippen molar-refractivity contribution in [3.8, 4) is 0 Å². The lowest BCUT2D eigenvalue weighted by molar-refractivity contribution is -0.144. The first-order chi connectivity index (χ1) is 12.2. The Kier molecular flexibility index (Phi) is 11.6. The van der Waals surface area contributed by atoms with Crippen LogP contribution in [0.3, 0.4) is 0 Å². The maximum absolute atomic E-state index is 11.8. The topological polar surface area (TPSA) is 159 Å². The first-order valence-electron chi connectivity index (χ1n) is 8.28. The smallest absolute Gasteiger partial charge is 0.326 e. The first-order valence-corrected chi connectivity index (χ1v) is 8.28. The van der Waals surface area contributed by atoms with E-state index in [0.717, 1.165) is 0 Å². The van der Waals surface area contributed by atoms with Gasteiger partial charge in [0.05, 0.1) is 0 Å². The Morgan fingerprint density at radius 3 is 1.85 bits per heavy atom. The molecule has 26 heavy (non-hydrogen) atoms. The second-order valence-corrected chi connectivity index (χ2v) is 5.75. The molecule has 148 valence electrons. The summed E-state index contributed by atoms with van der Waals surface area (Å²) in [6, 6.07) is -2.52. The van der Waals surface area contributed by atoms with Gasteiger partial charge >= 0.3 is 11.9 Å². The number of carboxylic acid groups (broad SMARTS) is 2. The van der Waals surface area contributed by atoms with Crippen LogP contribution in [0, 0.1) is 0 Å². The van der Waals surface area contributed by atoms with Crippen LogP contribution in [0.2, 0.25) is 0 Å². The normalized spacial score (nSPS) is 12.7. The minimum atomic E-state index is -1.31. The van der Waals surface area contributed by atoms with Crippen LogP contribution in [0.1, 0.15) is 46.0 Å². The molecule has 0 radical (unpaired) electrons. The highest BCUT2D eigenvalue weighted by Gasteiger charge is 2.24. The number of amides is 2. The number of Topliss-reactive ketones (excluding diaryl/α,β-unsaturated/α-hetero) is 1. The Morgan fingerprint density at radius 2 is 1.38 bits per heavy atom. The van der Waals surface area contributed by atoms with Crippen LogP contribution in [0.4, 0.5) is 0 Å². The van der Waals surface area contributed by atoms with Gasteiger partial charge in [-0.3, -0.25) is 9.59 Å². The number of hydrogen-bond acceptors (Lipinski definition) is 6. The Hall–Kier alpha value is -2.49. The molecule has 10 heteroatoms. The number of ketones is 1. The molecular formula is C16H26N2O8. The maximum atomic E-state index is 11.8. The lowest BCUT2D eigenvalue weighted by atomic mass is 10.1. The molecule has 10 nitrogen and oxygen atoms in total. The summed E-state index contributed by atoms with van der Waals surface area (Å²) in [6.45, 7) is 3.25. The van der Waals surface area contributed by atoms with E-state index in [1.807, 2.05) is 6.92 Å². The Bertz CT molecular complexity index is 520. The van der Waals surface area contributed by atoms with E-state index in [2.05, 4.69) is 10.6 Å². The summed E-state index contributed by atoms with van der Waals surface area (Å²) in [4.78, 5) is 56.6. The van der Waals surface area contributed by atoms with Crippen LogP contribution in [-0.4, -0.2) is 65.0 Å². The summed E-state index contributed by atoms with van der Waals surface area (Å²) in [5.41, 5.74) is 0. The number of carbonyl (C=O) groups excluding carboxylic acids is 3. The Labute approximate surface area is 151 Å². The summed E-state index contributed by atoms with van der Waals surface area (Å²) in [7, 11) is 0. The molecule has 0 aromatic carbocycles. The van der Waals surface area contributed by atoms with Gasteiger partial charge in [0.1, 0.15) is 24.5 Å². The summed E-state index contributed by atoms with van der Waals surface area (Å²) in [5, 5.41) is 22.6. The highest BCUT2D eigenvalue weighted by atomic mass is 16.5. The van der Waals surface area contributed by atoms with Gasteiger partial charge in [0.2, 0.25) is 11.8 Å². The second-order valence-electron chi connectivity index (χ2n) is 5.75. The zero-order chi connectivity index (χ0) is 20.1. The van der Waals surface area contributed by atoms with Crippen LogP contribution >= 0.6 is 0 Å². The van der Waals surface area contributed by atoms with E-state index in [1.165, 1.54) is 6.92 Å². The number of aliphatic carboxylic acids is 2. The SMILES string of the molecule is CCCOCC(=O)N[C@@H](CCC(=O)NC(CCC(C)=O)C(=O)O)C(=O)O. The average Bonchev–Trinajstić information content (AvgIpc) is 2.54. The monoisotopic (exact) mass is 374 g/mol. The van der Waals surface area contributed by atoms with Gasteiger partial charge in [-0.15, -0.1) is 0 Å². The van der Waals surface area contributed by atoms with Crippen molar-refractivity contribution in [1.82, 2.24) is 10.6 Å². The molecule has 0 spiro atoms. The van der Waals surface area contributed by atoms with Gasteiger partial charge in [-0.25, -0.2) is 9.59 Å². The van der Waals surface area contributed by atoms with Gasteiger partial charge in [-0.1, -0.05) is 6.92 Å². The number of carbonyl (C=O) groups is 5. The highest BCUT2D eigenvalue weighted by Crippen LogP contribution is 2.03. The predicted molar refractivity (Wildman–Crippen MR) is 89.4 cm³/mol. The standard InChI is InChI=1S/C16H26N2O8/c1-3-8-26-9-14(21)18-12(16(24)25)6-7-13(20)17-11(15(22)23)5-4-10(2)19/h11-12H,3-9H2,1-2H3,(H,17,20)(H,18,21)(H,22,23)(H,24,25)/t11?,12-/m0/s1. The quantitative estimate of drug-likeness (QED) is 0.302. The van der Waals surface area contributed by atoms with E-state index in [4.69, 9.17) is 14.9 Å². The molecule has 1 unspecified atom stereocenters. The second kappa shape index (κ2) is 12.8. The number of hydrogen-bond donors (Lipinski definition) is 4. The minimum Gasteiger partial charge on any atom is -0.480 e. The van der Waals surface area contributed by atoms with Crippen molar-refractivity contribution in [1.29, 1.82) is 0 Å². The van der Waals surface area contributed by atoms with Crippen LogP contribution in [0.5, 0.6) is 0 Å². The molecule has 0 aromatic rings. The molecule has 0 aliphatic carbocycles. The van der Waals surface area contributed by atoms with E-state index in [0.29, 0.717) is 13.0 Å². The molecule has 0 aliphatic heterocycles. The highest BCUT2D eigenvalue weighted by molar-refractivity contribution is 5.86. The number of rotatable bonds is 14. The molecule has 0 rings (SSSR count). The van der Waals surface area contributed by atoms with Crippen LogP contribution < -0.4 is 10.6 Å². The Morgan fingerprint density at radius 1 is 0.885 bits per heavy atom. The third-order valence-corrected chi connectivity index (χ3v) is 3.29. The zero-order valence-corrected chi connectivity index (χ0v) is 14.9. The lowest BCUT2D eigenvalue weighted by Gasteiger charge is -2.16. The van der Waals surface area contributed by atoms with Crippen molar-refractivity contribution < 1.29 is 38.9 Å². The molecule has 0 saturated heterocycles. The fraction of sp³-hybridized carbons (Fsp3) is 0.688. The van der Waals surface area contributed by atoms with Crippen molar-refractivity contribution in [3.63, 3.8) is 0 Å². The van der Waals surface area contributed by atoms with Crippen molar-refractivity contribution in [3.05, 3.63) is 0 Å². The molecule has 2 atom stereocenters. The van der Waals surface area contributed by atoms with Crippen LogP contribution in [0.15, 0.2) is 0 Å². The molecule has 0 aromatic heterocycles. The predicted octanol–water partition coefficient (Wildman–Crippen LogP) is -0.299. The first kappa shape index (κ1) is 23.5. The van der Waals surface area contributed by atoms with Gasteiger partial charge in [0.15, 0.2) is 0 Å². The molecule has 0 heterocycles. The Balaban J connectivity index is 4.46. The minimum absolute atomic E-state index is 0.00279. The fourth-order valence-corrected chi connectivity index (χ4v) is 1.95. The zero-order valence-electron chi connectivity index (χ0n) is 14.9. The molecule has 0 saturated carbocycles. The van der Waals surface area contributed by atoms with Crippen molar-refractivity contribution >= 4 is 29.5 Å². The van der Waals surface area contributed by atoms with E-state index in [1.54, 1.807) is 0 Å². The average molecular weight is 374 g/mol. The van der Waals surface area contributed by atoms with Gasteiger partial charge in [-0.05, 0) is 26.2 Å². The van der Waals surface area contributed by atoms with Gasteiger partial charge in [0, 0.05) is 19.4 Å². The van der Waals surface area contributed by atoms with Crippen LogP contribution in [-0.2, 0) is 28.7 Å². The number of ether oxygens (including phenoxy) is 1. The van der Waals surface area contributed by atoms with Crippen molar-refractivity contribution in [2.24, 2.45) is 0 Å². The molecule has 0 fully saturated rings. The van der Waals surface area contributed by atoms with Gasteiger partial charge in [0.25, 0.3) is 0 Å².